The van der Waals surface area contributed by atoms with E-state index in [0.717, 1.165) is 12.5 Å². The number of amides is 1. The Bertz CT molecular complexity index is 268. The maximum absolute atomic E-state index is 11.1. The first-order valence-electron chi connectivity index (χ1n) is 4.54. The molecule has 0 aliphatic carbocycles. The van der Waals surface area contributed by atoms with E-state index >= 15 is 0 Å². The second-order valence-corrected chi connectivity index (χ2v) is 3.37. The number of nitrogens with one attached hydrogen (secondary N) is 1. The first kappa shape index (κ1) is 13.9. The molecule has 1 heterocycles. The van der Waals surface area contributed by atoms with Crippen molar-refractivity contribution in [2.45, 2.75) is 18.9 Å². The van der Waals surface area contributed by atoms with Crippen molar-refractivity contribution in [2.75, 3.05) is 6.54 Å². The number of carbonyl (C=O) groups is 2. The Morgan fingerprint density at radius 3 is 2.87 bits per heavy atom. The van der Waals surface area contributed by atoms with Crippen molar-refractivity contribution in [3.8, 4) is 0 Å². The molecule has 2 atom stereocenters. The molecule has 0 aromatic carbocycles. The van der Waals surface area contributed by atoms with E-state index < -0.39 is 5.97 Å². The predicted molar refractivity (Wildman–Crippen MR) is 57.7 cm³/mol. The Balaban J connectivity index is 0.00000196. The van der Waals surface area contributed by atoms with Crippen LogP contribution in [0, 0.1) is 5.92 Å². The molecule has 6 heteroatoms. The van der Waals surface area contributed by atoms with Crippen LogP contribution in [0.3, 0.4) is 0 Å². The normalized spacial score (nSPS) is 22.2. The fraction of sp³-hybridized carbons (Fsp3) is 0.556. The molecule has 1 saturated heterocycles. The van der Waals surface area contributed by atoms with Crippen molar-refractivity contribution in [2.24, 2.45) is 11.7 Å². The third-order valence-corrected chi connectivity index (χ3v) is 2.21. The van der Waals surface area contributed by atoms with Gasteiger partial charge in [0.05, 0.1) is 0 Å². The zero-order valence-corrected chi connectivity index (χ0v) is 9.00. The molecule has 0 radical (unpaired) electrons. The van der Waals surface area contributed by atoms with Crippen LogP contribution < -0.4 is 11.1 Å². The highest BCUT2D eigenvalue weighted by Crippen LogP contribution is 2.15. The van der Waals surface area contributed by atoms with Crippen LogP contribution in [0.5, 0.6) is 0 Å². The Morgan fingerprint density at radius 2 is 2.40 bits per heavy atom. The molecule has 1 aliphatic rings. The molecule has 5 nitrogen and oxygen atoms in total. The summed E-state index contributed by atoms with van der Waals surface area (Å²) in [5, 5.41) is 11.1. The summed E-state index contributed by atoms with van der Waals surface area (Å²) in [5.41, 5.74) is 5.63. The molecule has 0 saturated carbocycles. The lowest BCUT2D eigenvalue weighted by Crippen LogP contribution is -2.26. The number of carbonyl (C=O) groups excluding carboxylic acids is 1. The molecular formula is C9H15ClN2O3. The summed E-state index contributed by atoms with van der Waals surface area (Å²) >= 11 is 0. The van der Waals surface area contributed by atoms with Crippen LogP contribution in [-0.2, 0) is 9.59 Å². The van der Waals surface area contributed by atoms with Gasteiger partial charge in [-0.15, -0.1) is 12.4 Å². The van der Waals surface area contributed by atoms with Crippen molar-refractivity contribution in [1.29, 1.82) is 0 Å². The minimum Gasteiger partial charge on any atom is -0.478 e. The Hall–Kier alpha value is -1.07. The van der Waals surface area contributed by atoms with Crippen LogP contribution in [0.1, 0.15) is 12.8 Å². The third-order valence-electron chi connectivity index (χ3n) is 2.21. The van der Waals surface area contributed by atoms with E-state index in [9.17, 15) is 9.59 Å². The molecule has 15 heavy (non-hydrogen) atoms. The van der Waals surface area contributed by atoms with E-state index in [4.69, 9.17) is 10.8 Å². The smallest absolute Gasteiger partial charge is 0.328 e. The van der Waals surface area contributed by atoms with Gasteiger partial charge in [0.25, 0.3) is 0 Å². The predicted octanol–water partition coefficient (Wildman–Crippen LogP) is -0.0975. The van der Waals surface area contributed by atoms with Crippen LogP contribution in [-0.4, -0.2) is 29.6 Å². The first-order valence-corrected chi connectivity index (χ1v) is 4.54. The van der Waals surface area contributed by atoms with Crippen LogP contribution in [0.25, 0.3) is 0 Å². The van der Waals surface area contributed by atoms with Gasteiger partial charge in [-0.2, -0.15) is 0 Å². The van der Waals surface area contributed by atoms with E-state index in [1.165, 1.54) is 6.08 Å². The van der Waals surface area contributed by atoms with Crippen LogP contribution in [0.2, 0.25) is 0 Å². The van der Waals surface area contributed by atoms with E-state index in [0.29, 0.717) is 13.0 Å². The van der Waals surface area contributed by atoms with Gasteiger partial charge >= 0.3 is 5.97 Å². The summed E-state index contributed by atoms with van der Waals surface area (Å²) in [6, 6.07) is -0.361. The lowest BCUT2D eigenvalue weighted by Gasteiger charge is -2.09. The van der Waals surface area contributed by atoms with E-state index in [-0.39, 0.29) is 30.3 Å². The maximum Gasteiger partial charge on any atom is 0.328 e. The van der Waals surface area contributed by atoms with Gasteiger partial charge in [0.1, 0.15) is 0 Å². The number of aliphatic carboxylic acids is 1. The number of rotatable bonds is 4. The monoisotopic (exact) mass is 234 g/mol. The average molecular weight is 235 g/mol. The van der Waals surface area contributed by atoms with Gasteiger partial charge in [-0.05, 0) is 12.8 Å². The first-order chi connectivity index (χ1) is 6.59. The van der Waals surface area contributed by atoms with Crippen LogP contribution in [0.4, 0.5) is 0 Å². The van der Waals surface area contributed by atoms with Crippen molar-refractivity contribution in [1.82, 2.24) is 5.32 Å². The second-order valence-electron chi connectivity index (χ2n) is 3.37. The summed E-state index contributed by atoms with van der Waals surface area (Å²) in [7, 11) is 0. The number of halogens is 1. The van der Waals surface area contributed by atoms with Gasteiger partial charge in [0.15, 0.2) is 0 Å². The fourth-order valence-corrected chi connectivity index (χ4v) is 1.48. The number of nitrogens with two attached hydrogens (primary N) is 1. The molecule has 0 spiro atoms. The van der Waals surface area contributed by atoms with Gasteiger partial charge in [-0.3, -0.25) is 4.79 Å². The van der Waals surface area contributed by atoms with E-state index in [1.807, 2.05) is 0 Å². The highest BCUT2D eigenvalue weighted by atomic mass is 35.5. The highest BCUT2D eigenvalue weighted by molar-refractivity contribution is 5.85. The largest absolute Gasteiger partial charge is 0.478 e. The molecule has 4 N–H and O–H groups in total. The van der Waals surface area contributed by atoms with Crippen molar-refractivity contribution in [3.05, 3.63) is 12.2 Å². The zero-order chi connectivity index (χ0) is 10.6. The second kappa shape index (κ2) is 6.42. The summed E-state index contributed by atoms with van der Waals surface area (Å²) < 4.78 is 0. The van der Waals surface area contributed by atoms with Gasteiger partial charge < -0.3 is 16.2 Å². The number of carboxylic acids is 1. The number of hydrogen-bond donors (Lipinski definition) is 3. The molecule has 86 valence electrons. The SMILES string of the molecule is Cl.NC(C=CC(=O)O)C[C@@H]1CCNC1=O. The molecule has 1 amide bonds. The molecule has 1 unspecified atom stereocenters. The lowest BCUT2D eigenvalue weighted by atomic mass is 9.99. The van der Waals surface area contributed by atoms with Crippen molar-refractivity contribution < 1.29 is 14.7 Å². The zero-order valence-electron chi connectivity index (χ0n) is 8.18. The number of hydrogen-bond acceptors (Lipinski definition) is 3. The average Bonchev–Trinajstić information content (AvgIpc) is 2.49. The summed E-state index contributed by atoms with van der Waals surface area (Å²) in [6.07, 6.45) is 3.72. The Morgan fingerprint density at radius 1 is 1.73 bits per heavy atom. The molecule has 0 bridgehead atoms. The van der Waals surface area contributed by atoms with E-state index in [2.05, 4.69) is 5.32 Å². The Labute approximate surface area is 94.1 Å². The minimum absolute atomic E-state index is 0. The molecule has 0 aromatic rings. The van der Waals surface area contributed by atoms with Gasteiger partial charge in [-0.1, -0.05) is 6.08 Å². The minimum atomic E-state index is -1.02. The molecule has 1 aliphatic heterocycles. The summed E-state index contributed by atoms with van der Waals surface area (Å²) in [6.45, 7) is 0.693. The molecule has 1 rings (SSSR count). The van der Waals surface area contributed by atoms with Gasteiger partial charge in [-0.25, -0.2) is 4.79 Å². The van der Waals surface area contributed by atoms with Gasteiger partial charge in [0, 0.05) is 24.6 Å². The summed E-state index contributed by atoms with van der Waals surface area (Å²) in [4.78, 5) is 21.3. The van der Waals surface area contributed by atoms with Crippen molar-refractivity contribution >= 4 is 24.3 Å². The Kier molecular flexibility index (Phi) is 5.96. The van der Waals surface area contributed by atoms with Crippen LogP contribution in [0.15, 0.2) is 12.2 Å². The quantitative estimate of drug-likeness (QED) is 0.593. The van der Waals surface area contributed by atoms with Gasteiger partial charge in [0.2, 0.25) is 5.91 Å². The topological polar surface area (TPSA) is 92.4 Å². The molecule has 1 fully saturated rings. The standard InChI is InChI=1S/C9H14N2O3.ClH/c10-7(1-2-8(12)13)5-6-3-4-11-9(6)14;/h1-2,6-7H,3-5,10H2,(H,11,14)(H,12,13);1H/t6-,7?;/m0./s1. The lowest BCUT2D eigenvalue weighted by molar-refractivity contribution is -0.131. The highest BCUT2D eigenvalue weighted by Gasteiger charge is 2.25. The van der Waals surface area contributed by atoms with Crippen LogP contribution >= 0.6 is 12.4 Å². The maximum atomic E-state index is 11.1. The van der Waals surface area contributed by atoms with E-state index in [1.54, 1.807) is 0 Å². The fourth-order valence-electron chi connectivity index (χ4n) is 1.48. The molecular weight excluding hydrogens is 220 g/mol. The van der Waals surface area contributed by atoms with Crippen molar-refractivity contribution in [3.63, 3.8) is 0 Å². The summed E-state index contributed by atoms with van der Waals surface area (Å²) in [5.74, 6) is -1.07. The number of carboxylic acid groups (broad SMARTS) is 1. The third kappa shape index (κ3) is 4.80. The molecule has 0 aromatic heterocycles.